The molecule has 1 heterocycles. The molecule has 0 fully saturated rings. The van der Waals surface area contributed by atoms with E-state index in [1.54, 1.807) is 23.0 Å². The molecule has 120 valence electrons. The number of hydrogen-bond acceptors (Lipinski definition) is 3. The minimum absolute atomic E-state index is 0.164. The van der Waals surface area contributed by atoms with Gasteiger partial charge in [-0.1, -0.05) is 24.6 Å². The van der Waals surface area contributed by atoms with Crippen molar-refractivity contribution in [3.63, 3.8) is 0 Å². The quantitative estimate of drug-likeness (QED) is 0.877. The summed E-state index contributed by atoms with van der Waals surface area (Å²) in [6.07, 6.45) is 2.56. The van der Waals surface area contributed by atoms with Crippen molar-refractivity contribution in [2.24, 2.45) is 0 Å². The first-order chi connectivity index (χ1) is 11.0. The molecule has 0 bridgehead atoms. The number of benzene rings is 1. The van der Waals surface area contributed by atoms with Crippen LogP contribution >= 0.6 is 11.6 Å². The zero-order valence-corrected chi connectivity index (χ0v) is 13.8. The maximum atomic E-state index is 12.0. The molecule has 0 saturated heterocycles. The first kappa shape index (κ1) is 16.8. The molecule has 2 N–H and O–H groups in total. The molecule has 7 heteroatoms. The van der Waals surface area contributed by atoms with Crippen molar-refractivity contribution in [3.05, 3.63) is 41.2 Å². The molecular formula is C16H18ClN5O. The lowest BCUT2D eigenvalue weighted by Crippen LogP contribution is -2.37. The van der Waals surface area contributed by atoms with E-state index in [4.69, 9.17) is 16.9 Å². The Hall–Kier alpha value is -2.52. The molecule has 0 radical (unpaired) electrons. The van der Waals surface area contributed by atoms with Gasteiger partial charge in [0.25, 0.3) is 0 Å². The van der Waals surface area contributed by atoms with Crippen molar-refractivity contribution in [1.29, 1.82) is 5.26 Å². The molecule has 0 saturated carbocycles. The number of carbonyl (C=O) groups is 1. The second kappa shape index (κ2) is 7.65. The van der Waals surface area contributed by atoms with Crippen LogP contribution in [0.1, 0.15) is 25.5 Å². The summed E-state index contributed by atoms with van der Waals surface area (Å²) in [6, 6.07) is 8.86. The lowest BCUT2D eigenvalue weighted by atomic mass is 10.2. The lowest BCUT2D eigenvalue weighted by molar-refractivity contribution is 0.248. The smallest absolute Gasteiger partial charge is 0.319 e. The van der Waals surface area contributed by atoms with Crippen LogP contribution in [0.2, 0.25) is 5.02 Å². The van der Waals surface area contributed by atoms with Crippen LogP contribution in [0, 0.1) is 18.3 Å². The molecule has 1 aromatic carbocycles. The Morgan fingerprint density at radius 2 is 2.30 bits per heavy atom. The number of amides is 2. The maximum absolute atomic E-state index is 12.0. The van der Waals surface area contributed by atoms with Gasteiger partial charge in [-0.05, 0) is 31.5 Å². The fraction of sp³-hybridized carbons (Fsp3) is 0.312. The maximum Gasteiger partial charge on any atom is 0.319 e. The summed E-state index contributed by atoms with van der Waals surface area (Å²) in [5, 5.41) is 19.2. The van der Waals surface area contributed by atoms with Gasteiger partial charge in [-0.25, -0.2) is 9.48 Å². The molecule has 2 amide bonds. The predicted octanol–water partition coefficient (Wildman–Crippen LogP) is 3.65. The Kier molecular flexibility index (Phi) is 5.61. The fourth-order valence-corrected chi connectivity index (χ4v) is 2.34. The molecule has 0 aliphatic rings. The normalized spacial score (nSPS) is 11.6. The van der Waals surface area contributed by atoms with E-state index in [2.05, 4.69) is 21.8 Å². The number of halogens is 1. The Bertz CT molecular complexity index is 734. The first-order valence-electron chi connectivity index (χ1n) is 7.30. The summed E-state index contributed by atoms with van der Waals surface area (Å²) < 4.78 is 1.70. The van der Waals surface area contributed by atoms with Crippen molar-refractivity contribution < 1.29 is 4.79 Å². The zero-order valence-electron chi connectivity index (χ0n) is 13.0. The lowest BCUT2D eigenvalue weighted by Gasteiger charge is -2.14. The summed E-state index contributed by atoms with van der Waals surface area (Å²) in [5.41, 5.74) is 2.21. The van der Waals surface area contributed by atoms with E-state index in [0.717, 1.165) is 11.4 Å². The van der Waals surface area contributed by atoms with Crippen LogP contribution in [0.15, 0.2) is 30.5 Å². The number of rotatable bonds is 5. The van der Waals surface area contributed by atoms with Crippen LogP contribution in [0.4, 0.5) is 10.5 Å². The highest BCUT2D eigenvalue weighted by Gasteiger charge is 2.14. The van der Waals surface area contributed by atoms with E-state index < -0.39 is 0 Å². The van der Waals surface area contributed by atoms with E-state index in [0.29, 0.717) is 17.1 Å². The summed E-state index contributed by atoms with van der Waals surface area (Å²) in [5.74, 6) is 0. The van der Waals surface area contributed by atoms with Gasteiger partial charge in [-0.3, -0.25) is 0 Å². The molecule has 1 aromatic heterocycles. The number of aromatic nitrogens is 2. The third-order valence-electron chi connectivity index (χ3n) is 3.48. The van der Waals surface area contributed by atoms with E-state index in [9.17, 15) is 4.79 Å². The van der Waals surface area contributed by atoms with E-state index in [1.807, 2.05) is 26.0 Å². The molecule has 2 aromatic rings. The standard InChI is InChI=1S/C16H18ClN5O/c1-3-13(7-8-18)20-16(23)21-15-10-19-22(11(15)2)14-6-4-5-12(17)9-14/h4-6,9-10,13H,3,7H2,1-2H3,(H2,20,21,23)/t13-/m1/s1. The first-order valence-corrected chi connectivity index (χ1v) is 7.68. The number of hydrogen-bond donors (Lipinski definition) is 2. The van der Waals surface area contributed by atoms with Crippen molar-refractivity contribution in [1.82, 2.24) is 15.1 Å². The number of carbonyl (C=O) groups excluding carboxylic acids is 1. The van der Waals surface area contributed by atoms with Gasteiger partial charge >= 0.3 is 6.03 Å². The van der Waals surface area contributed by atoms with Crippen LogP contribution in [-0.2, 0) is 0 Å². The SMILES string of the molecule is CC[C@H](CC#N)NC(=O)Nc1cnn(-c2cccc(Cl)c2)c1C. The zero-order chi connectivity index (χ0) is 16.8. The summed E-state index contributed by atoms with van der Waals surface area (Å²) in [6.45, 7) is 3.78. The second-order valence-corrected chi connectivity index (χ2v) is 5.54. The molecule has 2 rings (SSSR count). The Labute approximate surface area is 140 Å². The van der Waals surface area contributed by atoms with Gasteiger partial charge in [0.05, 0.1) is 35.8 Å². The van der Waals surface area contributed by atoms with Gasteiger partial charge in [0.2, 0.25) is 0 Å². The summed E-state index contributed by atoms with van der Waals surface area (Å²) in [4.78, 5) is 12.0. The van der Waals surface area contributed by atoms with Gasteiger partial charge in [0.1, 0.15) is 0 Å². The van der Waals surface area contributed by atoms with Crippen molar-refractivity contribution in [2.45, 2.75) is 32.7 Å². The number of anilines is 1. The number of urea groups is 1. The van der Waals surface area contributed by atoms with E-state index >= 15 is 0 Å². The topological polar surface area (TPSA) is 82.7 Å². The average Bonchev–Trinajstić information content (AvgIpc) is 2.88. The molecule has 1 atom stereocenters. The highest BCUT2D eigenvalue weighted by atomic mass is 35.5. The minimum Gasteiger partial charge on any atom is -0.334 e. The Morgan fingerprint density at radius 3 is 2.96 bits per heavy atom. The molecule has 6 nitrogen and oxygen atoms in total. The molecular weight excluding hydrogens is 314 g/mol. The molecule has 0 unspecified atom stereocenters. The molecule has 0 aliphatic carbocycles. The van der Waals surface area contributed by atoms with Crippen LogP contribution in [-0.4, -0.2) is 21.9 Å². The van der Waals surface area contributed by atoms with Gasteiger partial charge in [0, 0.05) is 11.1 Å². The van der Waals surface area contributed by atoms with Crippen molar-refractivity contribution in [2.75, 3.05) is 5.32 Å². The monoisotopic (exact) mass is 331 g/mol. The van der Waals surface area contributed by atoms with Crippen LogP contribution in [0.5, 0.6) is 0 Å². The number of nitrogens with one attached hydrogen (secondary N) is 2. The molecule has 23 heavy (non-hydrogen) atoms. The Morgan fingerprint density at radius 1 is 1.52 bits per heavy atom. The summed E-state index contributed by atoms with van der Waals surface area (Å²) in [7, 11) is 0. The van der Waals surface area contributed by atoms with Gasteiger partial charge < -0.3 is 10.6 Å². The van der Waals surface area contributed by atoms with Gasteiger partial charge in [-0.2, -0.15) is 10.4 Å². The summed E-state index contributed by atoms with van der Waals surface area (Å²) >= 11 is 5.99. The number of nitrogens with zero attached hydrogens (tertiary/aromatic N) is 3. The van der Waals surface area contributed by atoms with E-state index in [-0.39, 0.29) is 18.5 Å². The van der Waals surface area contributed by atoms with Crippen LogP contribution in [0.25, 0.3) is 5.69 Å². The third kappa shape index (κ3) is 4.24. The molecule has 0 aliphatic heterocycles. The molecule has 0 spiro atoms. The van der Waals surface area contributed by atoms with E-state index in [1.165, 1.54) is 0 Å². The van der Waals surface area contributed by atoms with Gasteiger partial charge in [0.15, 0.2) is 0 Å². The minimum atomic E-state index is -0.346. The van der Waals surface area contributed by atoms with Gasteiger partial charge in [-0.15, -0.1) is 0 Å². The Balaban J connectivity index is 2.11. The predicted molar refractivity (Wildman–Crippen MR) is 89.8 cm³/mol. The van der Waals surface area contributed by atoms with Crippen LogP contribution < -0.4 is 10.6 Å². The second-order valence-electron chi connectivity index (χ2n) is 5.10. The largest absolute Gasteiger partial charge is 0.334 e. The average molecular weight is 332 g/mol. The highest BCUT2D eigenvalue weighted by molar-refractivity contribution is 6.30. The fourth-order valence-electron chi connectivity index (χ4n) is 2.15. The van der Waals surface area contributed by atoms with Crippen molar-refractivity contribution >= 4 is 23.3 Å². The van der Waals surface area contributed by atoms with Crippen LogP contribution in [0.3, 0.4) is 0 Å². The highest BCUT2D eigenvalue weighted by Crippen LogP contribution is 2.20. The number of nitriles is 1. The third-order valence-corrected chi connectivity index (χ3v) is 3.71. The van der Waals surface area contributed by atoms with Crippen molar-refractivity contribution in [3.8, 4) is 11.8 Å².